The molecule has 1 aromatic heterocycles. The fraction of sp³-hybridized carbons (Fsp3) is 0.207. The van der Waals surface area contributed by atoms with Crippen molar-refractivity contribution in [3.05, 3.63) is 106 Å². The fourth-order valence-electron chi connectivity index (χ4n) is 5.65. The first kappa shape index (κ1) is 28.5. The number of nitrogens with zero attached hydrogens (tertiary/aromatic N) is 2. The summed E-state index contributed by atoms with van der Waals surface area (Å²) in [5, 5.41) is 11.7. The van der Waals surface area contributed by atoms with Crippen LogP contribution >= 0.6 is 23.2 Å². The summed E-state index contributed by atoms with van der Waals surface area (Å²) in [5.74, 6) is -3.35. The lowest BCUT2D eigenvalue weighted by molar-refractivity contribution is -0.139. The van der Waals surface area contributed by atoms with Gasteiger partial charge in [0, 0.05) is 22.7 Å². The summed E-state index contributed by atoms with van der Waals surface area (Å²) in [6, 6.07) is 11.6. The molecule has 1 aliphatic carbocycles. The van der Waals surface area contributed by atoms with Crippen molar-refractivity contribution in [2.75, 3.05) is 12.5 Å². The number of benzene rings is 2. The summed E-state index contributed by atoms with van der Waals surface area (Å²) in [7, 11) is 1.45. The van der Waals surface area contributed by atoms with Crippen LogP contribution in [0.2, 0.25) is 10.0 Å². The van der Waals surface area contributed by atoms with Crippen LogP contribution in [0, 0.1) is 5.92 Å². The van der Waals surface area contributed by atoms with Gasteiger partial charge in [0.2, 0.25) is 0 Å². The van der Waals surface area contributed by atoms with E-state index in [9.17, 15) is 27.9 Å². The highest BCUT2D eigenvalue weighted by atomic mass is 35.5. The van der Waals surface area contributed by atoms with Crippen molar-refractivity contribution in [1.82, 2.24) is 9.99 Å². The number of methoxy groups -OCH3 is 1. The number of alkyl halides is 3. The van der Waals surface area contributed by atoms with Crippen molar-refractivity contribution < 1.29 is 32.6 Å². The Morgan fingerprint density at radius 2 is 1.88 bits per heavy atom. The van der Waals surface area contributed by atoms with E-state index in [1.807, 2.05) is 0 Å². The van der Waals surface area contributed by atoms with E-state index in [1.54, 1.807) is 48.6 Å². The summed E-state index contributed by atoms with van der Waals surface area (Å²) in [6.45, 7) is 3.91. The summed E-state index contributed by atoms with van der Waals surface area (Å²) in [6.07, 6.45) is -0.689. The van der Waals surface area contributed by atoms with E-state index >= 15 is 0 Å². The Hall–Kier alpha value is -4.02. The molecule has 0 saturated carbocycles. The first-order chi connectivity index (χ1) is 19.4. The normalized spacial score (nSPS) is 22.3. The molecule has 0 radical (unpaired) electrons. The van der Waals surface area contributed by atoms with E-state index in [4.69, 9.17) is 27.9 Å². The van der Waals surface area contributed by atoms with Gasteiger partial charge in [-0.2, -0.15) is 18.2 Å². The Labute approximate surface area is 242 Å². The maximum atomic E-state index is 14.6. The van der Waals surface area contributed by atoms with Crippen molar-refractivity contribution in [3.8, 4) is 11.5 Å². The van der Waals surface area contributed by atoms with Gasteiger partial charge in [-0.1, -0.05) is 54.1 Å². The largest absolute Gasteiger partial charge is 0.508 e. The van der Waals surface area contributed by atoms with Gasteiger partial charge in [0.1, 0.15) is 11.5 Å². The Morgan fingerprint density at radius 3 is 2.49 bits per heavy atom. The Bertz CT molecular complexity index is 1590. The molecule has 1 aliphatic heterocycles. The number of hydrazine groups is 1. The van der Waals surface area contributed by atoms with E-state index in [0.717, 1.165) is 5.01 Å². The second kappa shape index (κ2) is 10.4. The van der Waals surface area contributed by atoms with Crippen molar-refractivity contribution in [1.29, 1.82) is 0 Å². The molecule has 2 heterocycles. The number of hydrogen-bond donors (Lipinski definition) is 2. The average Bonchev–Trinajstić information content (AvgIpc) is 3.16. The summed E-state index contributed by atoms with van der Waals surface area (Å²) in [4.78, 5) is 32.3. The Balaban J connectivity index is 1.71. The Kier molecular flexibility index (Phi) is 7.25. The predicted octanol–water partition coefficient (Wildman–Crippen LogP) is 6.67. The lowest BCUT2D eigenvalue weighted by atomic mass is 9.56. The van der Waals surface area contributed by atoms with Crippen LogP contribution < -0.4 is 10.2 Å². The molecule has 3 atom stereocenters. The number of fused-ring (bicyclic) bond motifs is 1. The molecule has 41 heavy (non-hydrogen) atoms. The summed E-state index contributed by atoms with van der Waals surface area (Å²) < 4.78 is 44.9. The van der Waals surface area contributed by atoms with E-state index < -0.39 is 45.8 Å². The number of aromatic nitrogens is 1. The zero-order chi connectivity index (χ0) is 29.7. The topological polar surface area (TPSA) is 91.8 Å². The minimum atomic E-state index is -4.69. The number of allylic oxidation sites excluding steroid dienone is 3. The minimum absolute atomic E-state index is 0.127. The lowest BCUT2D eigenvalue weighted by Crippen LogP contribution is -2.48. The van der Waals surface area contributed by atoms with Crippen LogP contribution in [0.25, 0.3) is 0 Å². The molecular formula is C29H22Cl2F3N3O4. The third-order valence-electron chi connectivity index (χ3n) is 7.49. The van der Waals surface area contributed by atoms with Gasteiger partial charge in [-0.15, -0.1) is 0 Å². The minimum Gasteiger partial charge on any atom is -0.508 e. The van der Waals surface area contributed by atoms with E-state index in [-0.39, 0.29) is 18.0 Å². The number of ether oxygens (including phenoxy) is 1. The number of aromatic hydroxyl groups is 1. The van der Waals surface area contributed by atoms with E-state index in [2.05, 4.69) is 17.0 Å². The van der Waals surface area contributed by atoms with Crippen LogP contribution in [0.4, 0.5) is 19.0 Å². The number of imide groups is 1. The van der Waals surface area contributed by atoms with Crippen LogP contribution in [0.5, 0.6) is 11.5 Å². The zero-order valence-corrected chi connectivity index (χ0v) is 22.9. The van der Waals surface area contributed by atoms with Gasteiger partial charge in [-0.25, -0.2) is 4.98 Å². The molecule has 1 fully saturated rings. The smallest absolute Gasteiger partial charge is 0.417 e. The second-order valence-corrected chi connectivity index (χ2v) is 10.4. The summed E-state index contributed by atoms with van der Waals surface area (Å²) >= 11 is 12.3. The van der Waals surface area contributed by atoms with Crippen LogP contribution in [0.15, 0.2) is 79.0 Å². The molecule has 3 aromatic rings. The predicted molar refractivity (Wildman–Crippen MR) is 147 cm³/mol. The van der Waals surface area contributed by atoms with Crippen LogP contribution in [0.3, 0.4) is 0 Å². The quantitative estimate of drug-likeness (QED) is 0.306. The monoisotopic (exact) mass is 603 g/mol. The molecular weight excluding hydrogens is 582 g/mol. The lowest BCUT2D eigenvalue weighted by Gasteiger charge is -2.43. The highest BCUT2D eigenvalue weighted by molar-refractivity contribution is 6.33. The number of amides is 2. The first-order valence-corrected chi connectivity index (χ1v) is 13.0. The molecule has 2 N–H and O–H groups in total. The molecule has 0 bridgehead atoms. The third kappa shape index (κ3) is 4.61. The molecule has 1 saturated heterocycles. The number of pyridine rings is 1. The zero-order valence-electron chi connectivity index (χ0n) is 21.4. The van der Waals surface area contributed by atoms with Crippen molar-refractivity contribution in [3.63, 3.8) is 0 Å². The number of hydrogen-bond acceptors (Lipinski definition) is 6. The number of phenols is 1. The SMILES string of the molecule is C=CC1=CC[C@H]2C(=O)N(Nc3ncc(C(F)(F)F)cc3Cl)C(=O)[C@@]2(c2ccc(Cl)cc2)[C@H]1c1cc(OC)ccc1O. The molecule has 12 heteroatoms. The molecule has 5 rings (SSSR count). The molecule has 0 unspecified atom stereocenters. The number of carbonyl (C=O) groups excluding carboxylic acids is 2. The van der Waals surface area contributed by atoms with Gasteiger partial charge in [-0.05, 0) is 54.0 Å². The van der Waals surface area contributed by atoms with Crippen LogP contribution in [-0.2, 0) is 21.2 Å². The van der Waals surface area contributed by atoms with Gasteiger partial charge in [0.25, 0.3) is 11.8 Å². The molecule has 2 amide bonds. The Morgan fingerprint density at radius 1 is 1.17 bits per heavy atom. The third-order valence-corrected chi connectivity index (χ3v) is 8.03. The maximum Gasteiger partial charge on any atom is 0.417 e. The van der Waals surface area contributed by atoms with Gasteiger partial charge in [0.05, 0.1) is 29.0 Å². The number of anilines is 1. The van der Waals surface area contributed by atoms with Crippen molar-refractivity contribution >= 4 is 40.8 Å². The number of carbonyl (C=O) groups is 2. The first-order valence-electron chi connectivity index (χ1n) is 12.3. The maximum absolute atomic E-state index is 14.6. The fourth-order valence-corrected chi connectivity index (χ4v) is 5.99. The van der Waals surface area contributed by atoms with Gasteiger partial charge >= 0.3 is 6.18 Å². The van der Waals surface area contributed by atoms with Gasteiger partial charge in [0.15, 0.2) is 5.82 Å². The van der Waals surface area contributed by atoms with Crippen molar-refractivity contribution in [2.24, 2.45) is 5.92 Å². The molecule has 2 aliphatic rings. The van der Waals surface area contributed by atoms with Crippen molar-refractivity contribution in [2.45, 2.75) is 23.9 Å². The van der Waals surface area contributed by atoms with E-state index in [1.165, 1.54) is 13.2 Å². The number of halogens is 5. The van der Waals surface area contributed by atoms with Crippen LogP contribution in [0.1, 0.15) is 29.0 Å². The molecule has 0 spiro atoms. The summed E-state index contributed by atoms with van der Waals surface area (Å²) in [5.41, 5.74) is 1.15. The standard InChI is InChI=1S/C29H22Cl2F3N3O4/c1-3-15-4-10-21-26(39)37(36-25-22(31)12-17(14-35-25)29(32,33)34)27(40)28(21,16-5-7-18(30)8-6-16)24(15)20-13-19(41-2)9-11-23(20)38/h3-9,11-14,21,24,38H,1,10H2,2H3,(H,35,36)/t21-,24+,28+/m0/s1. The van der Waals surface area contributed by atoms with Crippen LogP contribution in [-0.4, -0.2) is 34.0 Å². The molecule has 2 aromatic carbocycles. The highest BCUT2D eigenvalue weighted by Crippen LogP contribution is 2.59. The van der Waals surface area contributed by atoms with Gasteiger partial charge in [-0.3, -0.25) is 15.0 Å². The number of phenolic OH excluding ortho intramolecular Hbond substituents is 1. The number of rotatable bonds is 6. The highest BCUT2D eigenvalue weighted by Gasteiger charge is 2.66. The average molecular weight is 604 g/mol. The van der Waals surface area contributed by atoms with E-state index in [0.29, 0.717) is 39.7 Å². The number of nitrogens with one attached hydrogen (secondary N) is 1. The molecule has 7 nitrogen and oxygen atoms in total. The van der Waals surface area contributed by atoms with Gasteiger partial charge < -0.3 is 9.84 Å². The second-order valence-electron chi connectivity index (χ2n) is 9.57. The molecule has 212 valence electrons.